The molecule has 1 aliphatic rings. The van der Waals surface area contributed by atoms with Crippen LogP contribution < -0.4 is 22.3 Å². The van der Waals surface area contributed by atoms with Crippen molar-refractivity contribution >= 4 is 6.03 Å². The third-order valence-electron chi connectivity index (χ3n) is 5.92. The number of amides is 2. The van der Waals surface area contributed by atoms with Gasteiger partial charge < -0.3 is 0 Å². The molecule has 3 rings (SSSR count). The van der Waals surface area contributed by atoms with E-state index in [-0.39, 0.29) is 0 Å². The van der Waals surface area contributed by atoms with Gasteiger partial charge >= 0.3 is 6.03 Å². The van der Waals surface area contributed by atoms with Gasteiger partial charge in [0.05, 0.1) is 6.61 Å². The van der Waals surface area contributed by atoms with Crippen LogP contribution in [0, 0.1) is 0 Å². The average molecular weight is 411 g/mol. The Hall–Kier alpha value is -2.41. The number of hydrogen-bond donors (Lipinski definition) is 4. The third kappa shape index (κ3) is 6.05. The molecule has 6 nitrogen and oxygen atoms in total. The molecule has 5 N–H and O–H groups in total. The maximum Gasteiger partial charge on any atom is 0.345 e. The predicted molar refractivity (Wildman–Crippen MR) is 120 cm³/mol. The van der Waals surface area contributed by atoms with Gasteiger partial charge in [0.1, 0.15) is 0 Å². The summed E-state index contributed by atoms with van der Waals surface area (Å²) in [7, 11) is 0. The highest BCUT2D eigenvalue weighted by molar-refractivity contribution is 5.78. The molecule has 162 valence electrons. The number of carbonyl (C=O) groups is 1. The number of unbranched alkanes of at least 4 members (excludes halogenated alkanes) is 5. The van der Waals surface area contributed by atoms with Crippen molar-refractivity contribution in [2.45, 2.75) is 64.2 Å². The van der Waals surface area contributed by atoms with Crippen LogP contribution in [0.2, 0.25) is 0 Å². The van der Waals surface area contributed by atoms with Gasteiger partial charge in [-0.15, -0.1) is 5.59 Å². The molecule has 0 radical (unpaired) electrons. The van der Waals surface area contributed by atoms with E-state index in [9.17, 15) is 4.79 Å². The fourth-order valence-electron chi connectivity index (χ4n) is 4.30. The highest BCUT2D eigenvalue weighted by Crippen LogP contribution is 2.40. The second-order valence-electron chi connectivity index (χ2n) is 8.07. The first-order chi connectivity index (χ1) is 14.7. The molecule has 0 fully saturated rings. The van der Waals surface area contributed by atoms with Crippen LogP contribution in [0.3, 0.4) is 0 Å². The lowest BCUT2D eigenvalue weighted by molar-refractivity contribution is 0.0169. The van der Waals surface area contributed by atoms with Gasteiger partial charge in [-0.25, -0.2) is 16.1 Å². The molecule has 0 aromatic heterocycles. The van der Waals surface area contributed by atoms with Crippen LogP contribution in [0.5, 0.6) is 0 Å². The molecule has 2 aromatic rings. The first kappa shape index (κ1) is 22.3. The molecule has 0 aliphatic heterocycles. The predicted octanol–water partition coefficient (Wildman–Crippen LogP) is 4.70. The van der Waals surface area contributed by atoms with Crippen LogP contribution in [0.4, 0.5) is 4.79 Å². The summed E-state index contributed by atoms with van der Waals surface area (Å²) in [5.41, 5.74) is 13.9. The monoisotopic (exact) mass is 410 g/mol. The molecule has 0 bridgehead atoms. The number of benzene rings is 2. The Kier molecular flexibility index (Phi) is 8.68. The number of hydrogen-bond acceptors (Lipinski definition) is 4. The minimum Gasteiger partial charge on any atom is -0.282 e. The molecule has 1 unspecified atom stereocenters. The number of fused-ring (bicyclic) bond motifs is 3. The zero-order valence-corrected chi connectivity index (χ0v) is 17.9. The van der Waals surface area contributed by atoms with E-state index in [1.54, 1.807) is 5.56 Å². The molecule has 30 heavy (non-hydrogen) atoms. The highest BCUT2D eigenvalue weighted by atomic mass is 16.7. The summed E-state index contributed by atoms with van der Waals surface area (Å²) < 4.78 is 0. The number of carbonyl (C=O) groups excluding carboxylic acids is 1. The second kappa shape index (κ2) is 11.7. The molecular formula is C24H34N4O2. The Morgan fingerprint density at radius 3 is 2.57 bits per heavy atom. The first-order valence-corrected chi connectivity index (χ1v) is 11.0. The molecule has 6 heteroatoms. The van der Waals surface area contributed by atoms with Crippen LogP contribution >= 0.6 is 0 Å². The van der Waals surface area contributed by atoms with Crippen molar-refractivity contribution < 1.29 is 9.63 Å². The van der Waals surface area contributed by atoms with Gasteiger partial charge in [-0.05, 0) is 53.0 Å². The Bertz CT molecular complexity index is 825. The molecule has 0 saturated carbocycles. The Morgan fingerprint density at radius 2 is 1.73 bits per heavy atom. The van der Waals surface area contributed by atoms with Crippen molar-refractivity contribution in [1.29, 1.82) is 0 Å². The van der Waals surface area contributed by atoms with E-state index in [1.165, 1.54) is 54.4 Å². The van der Waals surface area contributed by atoms with E-state index in [4.69, 9.17) is 10.7 Å². The standard InChI is InChI=1S/C24H34N4O2/c1-18(11-6-4-2-3-5-9-16-30-28-27-24(29)26-25)20-14-10-15-22-21-13-8-7-12-19(21)17-23(20)22/h7-8,10,12-15,18,28H,2-6,9,11,16-17,25H2,1H3,(H2,26,27,29). The number of rotatable bonds is 12. The molecule has 2 aromatic carbocycles. The van der Waals surface area contributed by atoms with E-state index in [0.29, 0.717) is 12.5 Å². The van der Waals surface area contributed by atoms with E-state index >= 15 is 0 Å². The summed E-state index contributed by atoms with van der Waals surface area (Å²) >= 11 is 0. The molecule has 1 aliphatic carbocycles. The molecule has 2 amide bonds. The number of nitrogens with two attached hydrogens (primary N) is 1. The van der Waals surface area contributed by atoms with Gasteiger partial charge in [0.15, 0.2) is 0 Å². The fraction of sp³-hybridized carbons (Fsp3) is 0.458. The highest BCUT2D eigenvalue weighted by Gasteiger charge is 2.22. The Labute approximate surface area is 179 Å². The van der Waals surface area contributed by atoms with Crippen molar-refractivity contribution in [2.24, 2.45) is 5.84 Å². The van der Waals surface area contributed by atoms with Crippen molar-refractivity contribution in [3.05, 3.63) is 59.2 Å². The van der Waals surface area contributed by atoms with Crippen molar-refractivity contribution in [1.82, 2.24) is 16.4 Å². The van der Waals surface area contributed by atoms with Gasteiger partial charge in [-0.3, -0.25) is 10.3 Å². The van der Waals surface area contributed by atoms with E-state index in [0.717, 1.165) is 19.3 Å². The minimum atomic E-state index is -0.533. The lowest BCUT2D eigenvalue weighted by Gasteiger charge is -2.16. The summed E-state index contributed by atoms with van der Waals surface area (Å²) in [6.45, 7) is 2.94. The zero-order chi connectivity index (χ0) is 21.2. The van der Waals surface area contributed by atoms with Crippen molar-refractivity contribution in [2.75, 3.05) is 6.61 Å². The van der Waals surface area contributed by atoms with Gasteiger partial charge in [0, 0.05) is 0 Å². The summed E-state index contributed by atoms with van der Waals surface area (Å²) in [5.74, 6) is 5.53. The Morgan fingerprint density at radius 1 is 1.00 bits per heavy atom. The number of urea groups is 1. The van der Waals surface area contributed by atoms with Crippen LogP contribution in [0.15, 0.2) is 42.5 Å². The molecular weight excluding hydrogens is 376 g/mol. The van der Waals surface area contributed by atoms with Crippen molar-refractivity contribution in [3.63, 3.8) is 0 Å². The SMILES string of the molecule is CC(CCCCCCCCONNC(=O)NN)c1cccc2c1Cc1ccccc1-2. The molecule has 0 saturated heterocycles. The molecule has 1 atom stereocenters. The summed E-state index contributed by atoms with van der Waals surface area (Å²) in [6.07, 6.45) is 9.43. The second-order valence-corrected chi connectivity index (χ2v) is 8.07. The van der Waals surface area contributed by atoms with Gasteiger partial charge in [0.25, 0.3) is 0 Å². The summed E-state index contributed by atoms with van der Waals surface area (Å²) in [6, 6.07) is 15.1. The van der Waals surface area contributed by atoms with E-state index < -0.39 is 6.03 Å². The third-order valence-corrected chi connectivity index (χ3v) is 5.92. The minimum absolute atomic E-state index is 0.533. The van der Waals surface area contributed by atoms with Crippen LogP contribution in [-0.2, 0) is 11.3 Å². The van der Waals surface area contributed by atoms with Crippen LogP contribution in [-0.4, -0.2) is 12.6 Å². The summed E-state index contributed by atoms with van der Waals surface area (Å²) in [5, 5.41) is 0. The lowest BCUT2D eigenvalue weighted by Crippen LogP contribution is -2.46. The smallest absolute Gasteiger partial charge is 0.282 e. The summed E-state index contributed by atoms with van der Waals surface area (Å²) in [4.78, 5) is 15.9. The van der Waals surface area contributed by atoms with Crippen LogP contribution in [0.1, 0.15) is 74.5 Å². The molecule has 0 heterocycles. The van der Waals surface area contributed by atoms with Gasteiger partial charge in [-0.1, -0.05) is 81.5 Å². The maximum atomic E-state index is 10.8. The lowest BCUT2D eigenvalue weighted by atomic mass is 9.89. The largest absolute Gasteiger partial charge is 0.345 e. The van der Waals surface area contributed by atoms with Crippen molar-refractivity contribution in [3.8, 4) is 11.1 Å². The fourth-order valence-corrected chi connectivity index (χ4v) is 4.30. The van der Waals surface area contributed by atoms with E-state index in [2.05, 4.69) is 60.4 Å². The average Bonchev–Trinajstić information content (AvgIpc) is 3.15. The Balaban J connectivity index is 1.29. The maximum absolute atomic E-state index is 10.8. The van der Waals surface area contributed by atoms with Crippen LogP contribution in [0.25, 0.3) is 11.1 Å². The first-order valence-electron chi connectivity index (χ1n) is 11.0. The zero-order valence-electron chi connectivity index (χ0n) is 17.9. The number of nitrogens with one attached hydrogen (secondary N) is 3. The number of hydrazine groups is 2. The topological polar surface area (TPSA) is 88.4 Å². The quantitative estimate of drug-likeness (QED) is 0.151. The normalized spacial score (nSPS) is 12.9. The molecule has 0 spiro atoms. The van der Waals surface area contributed by atoms with E-state index in [1.807, 2.05) is 5.43 Å². The van der Waals surface area contributed by atoms with Gasteiger partial charge in [0.2, 0.25) is 0 Å². The van der Waals surface area contributed by atoms with Gasteiger partial charge in [-0.2, -0.15) is 0 Å².